The summed E-state index contributed by atoms with van der Waals surface area (Å²) in [7, 11) is 0. The summed E-state index contributed by atoms with van der Waals surface area (Å²) in [5.74, 6) is -0.153. The van der Waals surface area contributed by atoms with E-state index < -0.39 is 0 Å². The van der Waals surface area contributed by atoms with E-state index in [-0.39, 0.29) is 11.8 Å². The van der Waals surface area contributed by atoms with Crippen LogP contribution in [0.4, 0.5) is 0 Å². The van der Waals surface area contributed by atoms with E-state index in [9.17, 15) is 4.79 Å². The number of thiazole rings is 1. The van der Waals surface area contributed by atoms with Crippen molar-refractivity contribution in [3.63, 3.8) is 0 Å². The van der Waals surface area contributed by atoms with Crippen LogP contribution in [0.3, 0.4) is 0 Å². The molecule has 0 bridgehead atoms. The zero-order valence-corrected chi connectivity index (χ0v) is 12.5. The Bertz CT molecular complexity index is 552. The van der Waals surface area contributed by atoms with Crippen molar-refractivity contribution in [3.8, 4) is 0 Å². The second-order valence-electron chi connectivity index (χ2n) is 4.12. The molecule has 1 aromatic heterocycles. The highest BCUT2D eigenvalue weighted by molar-refractivity contribution is 7.07. The summed E-state index contributed by atoms with van der Waals surface area (Å²) in [6.07, 6.45) is 0. The van der Waals surface area contributed by atoms with Crippen LogP contribution in [0, 0.1) is 0 Å². The molecule has 0 saturated heterocycles. The summed E-state index contributed by atoms with van der Waals surface area (Å²) in [5.41, 5.74) is 2.91. The molecular formula is C13H12Cl2N2OS. The van der Waals surface area contributed by atoms with E-state index >= 15 is 0 Å². The van der Waals surface area contributed by atoms with Gasteiger partial charge in [-0.3, -0.25) is 4.79 Å². The lowest BCUT2D eigenvalue weighted by atomic mass is 10.0. The molecule has 2 rings (SSSR count). The third-order valence-electron chi connectivity index (χ3n) is 2.73. The molecule has 6 heteroatoms. The first kappa shape index (κ1) is 14.3. The number of amides is 1. The largest absolute Gasteiger partial charge is 0.350 e. The third kappa shape index (κ3) is 3.47. The van der Waals surface area contributed by atoms with Crippen LogP contribution in [0.15, 0.2) is 29.1 Å². The monoisotopic (exact) mass is 314 g/mol. The van der Waals surface area contributed by atoms with Crippen LogP contribution in [-0.4, -0.2) is 17.4 Å². The molecule has 0 radical (unpaired) electrons. The number of hydrogen-bond donors (Lipinski definition) is 1. The number of nitrogens with zero attached hydrogens (tertiary/aromatic N) is 1. The predicted molar refractivity (Wildman–Crippen MR) is 79.3 cm³/mol. The van der Waals surface area contributed by atoms with E-state index in [4.69, 9.17) is 23.2 Å². The maximum absolute atomic E-state index is 11.8. The van der Waals surface area contributed by atoms with Crippen LogP contribution in [0.2, 0.25) is 10.0 Å². The molecule has 1 amide bonds. The Hall–Kier alpha value is -1.10. The SMILES string of the molecule is C[C@H](CNC(=O)c1cscn1)c1c(Cl)cccc1Cl. The summed E-state index contributed by atoms with van der Waals surface area (Å²) >= 11 is 13.7. The molecule has 0 fully saturated rings. The van der Waals surface area contributed by atoms with Gasteiger partial charge in [0.1, 0.15) is 5.69 Å². The fourth-order valence-electron chi connectivity index (χ4n) is 1.74. The second kappa shape index (κ2) is 6.37. The van der Waals surface area contributed by atoms with Crippen molar-refractivity contribution in [2.75, 3.05) is 6.54 Å². The summed E-state index contributed by atoms with van der Waals surface area (Å²) in [6.45, 7) is 2.42. The van der Waals surface area contributed by atoms with Crippen LogP contribution in [-0.2, 0) is 0 Å². The van der Waals surface area contributed by atoms with Crippen LogP contribution in [0.25, 0.3) is 0 Å². The third-order valence-corrected chi connectivity index (χ3v) is 3.97. The molecule has 0 aliphatic rings. The van der Waals surface area contributed by atoms with Gasteiger partial charge in [0.25, 0.3) is 5.91 Å². The summed E-state index contributed by atoms with van der Waals surface area (Å²) < 4.78 is 0. The van der Waals surface area contributed by atoms with Gasteiger partial charge in [-0.1, -0.05) is 36.2 Å². The van der Waals surface area contributed by atoms with E-state index in [0.717, 1.165) is 5.56 Å². The van der Waals surface area contributed by atoms with E-state index in [1.165, 1.54) is 11.3 Å². The molecule has 0 spiro atoms. The highest BCUT2D eigenvalue weighted by Crippen LogP contribution is 2.30. The van der Waals surface area contributed by atoms with Gasteiger partial charge >= 0.3 is 0 Å². The van der Waals surface area contributed by atoms with E-state index in [1.807, 2.05) is 6.92 Å². The van der Waals surface area contributed by atoms with Gasteiger partial charge in [0.2, 0.25) is 0 Å². The van der Waals surface area contributed by atoms with Gasteiger partial charge in [-0.15, -0.1) is 11.3 Å². The Morgan fingerprint density at radius 2 is 2.11 bits per heavy atom. The van der Waals surface area contributed by atoms with Crippen LogP contribution in [0.5, 0.6) is 0 Å². The molecule has 0 aliphatic carbocycles. The fourth-order valence-corrected chi connectivity index (χ4v) is 3.05. The van der Waals surface area contributed by atoms with Crippen LogP contribution >= 0.6 is 34.5 Å². The smallest absolute Gasteiger partial charge is 0.270 e. The normalized spacial score (nSPS) is 12.2. The number of carbonyl (C=O) groups is 1. The summed E-state index contributed by atoms with van der Waals surface area (Å²) in [5, 5.41) is 5.76. The Kier molecular flexibility index (Phi) is 4.80. The van der Waals surface area contributed by atoms with Crippen molar-refractivity contribution in [2.24, 2.45) is 0 Å². The average molecular weight is 315 g/mol. The number of nitrogens with one attached hydrogen (secondary N) is 1. The minimum Gasteiger partial charge on any atom is -0.350 e. The van der Waals surface area contributed by atoms with Crippen molar-refractivity contribution in [3.05, 3.63) is 50.4 Å². The Morgan fingerprint density at radius 1 is 1.42 bits per heavy atom. The predicted octanol–water partition coefficient (Wildman–Crippen LogP) is 3.98. The quantitative estimate of drug-likeness (QED) is 0.927. The molecule has 19 heavy (non-hydrogen) atoms. The number of aromatic nitrogens is 1. The molecule has 1 N–H and O–H groups in total. The standard InChI is InChI=1S/C13H12Cl2N2OS/c1-8(12-9(14)3-2-4-10(12)15)5-16-13(18)11-6-19-7-17-11/h2-4,6-8H,5H2,1H3,(H,16,18)/t8-/m1/s1. The number of carbonyl (C=O) groups excluding carboxylic acids is 1. The van der Waals surface area contributed by atoms with Crippen molar-refractivity contribution in [1.29, 1.82) is 0 Å². The molecule has 1 aromatic carbocycles. The van der Waals surface area contributed by atoms with E-state index in [1.54, 1.807) is 29.1 Å². The topological polar surface area (TPSA) is 42.0 Å². The average Bonchev–Trinajstić information content (AvgIpc) is 2.89. The van der Waals surface area contributed by atoms with Gasteiger partial charge in [-0.25, -0.2) is 4.98 Å². The first-order valence-electron chi connectivity index (χ1n) is 5.70. The first-order chi connectivity index (χ1) is 9.09. The van der Waals surface area contributed by atoms with Gasteiger partial charge in [0, 0.05) is 27.9 Å². The second-order valence-corrected chi connectivity index (χ2v) is 5.65. The molecule has 0 unspecified atom stereocenters. The molecule has 1 atom stereocenters. The number of hydrogen-bond acceptors (Lipinski definition) is 3. The molecule has 1 heterocycles. The lowest BCUT2D eigenvalue weighted by molar-refractivity contribution is 0.0947. The maximum atomic E-state index is 11.8. The summed E-state index contributed by atoms with van der Waals surface area (Å²) in [4.78, 5) is 15.7. The molecule has 0 aliphatic heterocycles. The Labute approximate surface area is 125 Å². The molecule has 100 valence electrons. The highest BCUT2D eigenvalue weighted by Gasteiger charge is 2.15. The van der Waals surface area contributed by atoms with E-state index in [2.05, 4.69) is 10.3 Å². The zero-order valence-electron chi connectivity index (χ0n) is 10.2. The minimum atomic E-state index is -0.184. The van der Waals surface area contributed by atoms with Gasteiger partial charge < -0.3 is 5.32 Å². The molecule has 2 aromatic rings. The molecule has 3 nitrogen and oxygen atoms in total. The Balaban J connectivity index is 2.02. The van der Waals surface area contributed by atoms with Gasteiger partial charge in [-0.2, -0.15) is 0 Å². The minimum absolute atomic E-state index is 0.0313. The Morgan fingerprint density at radius 3 is 2.68 bits per heavy atom. The number of rotatable bonds is 4. The number of benzene rings is 1. The van der Waals surface area contributed by atoms with Crippen LogP contribution in [0.1, 0.15) is 28.9 Å². The lowest BCUT2D eigenvalue weighted by Crippen LogP contribution is -2.27. The fraction of sp³-hybridized carbons (Fsp3) is 0.231. The van der Waals surface area contributed by atoms with Gasteiger partial charge in [-0.05, 0) is 17.7 Å². The number of halogens is 2. The molecular weight excluding hydrogens is 303 g/mol. The lowest BCUT2D eigenvalue weighted by Gasteiger charge is -2.15. The first-order valence-corrected chi connectivity index (χ1v) is 7.39. The summed E-state index contributed by atoms with van der Waals surface area (Å²) in [6, 6.07) is 5.39. The van der Waals surface area contributed by atoms with Crippen molar-refractivity contribution >= 4 is 40.4 Å². The van der Waals surface area contributed by atoms with Gasteiger partial charge in [0.15, 0.2) is 0 Å². The maximum Gasteiger partial charge on any atom is 0.270 e. The molecule has 0 saturated carbocycles. The van der Waals surface area contributed by atoms with Crippen LogP contribution < -0.4 is 5.32 Å². The van der Waals surface area contributed by atoms with Gasteiger partial charge in [0.05, 0.1) is 5.51 Å². The van der Waals surface area contributed by atoms with Crippen molar-refractivity contribution in [1.82, 2.24) is 10.3 Å². The van der Waals surface area contributed by atoms with Crippen molar-refractivity contribution < 1.29 is 4.79 Å². The van der Waals surface area contributed by atoms with Crippen molar-refractivity contribution in [2.45, 2.75) is 12.8 Å². The van der Waals surface area contributed by atoms with E-state index in [0.29, 0.717) is 22.3 Å². The zero-order chi connectivity index (χ0) is 13.8. The highest BCUT2D eigenvalue weighted by atomic mass is 35.5.